The van der Waals surface area contributed by atoms with Crippen molar-refractivity contribution in [2.24, 2.45) is 0 Å². The van der Waals surface area contributed by atoms with Gasteiger partial charge in [-0.1, -0.05) is 13.8 Å². The van der Waals surface area contributed by atoms with Crippen molar-refractivity contribution < 1.29 is 0 Å². The summed E-state index contributed by atoms with van der Waals surface area (Å²) < 4.78 is 2.07. The molecule has 5 rings (SSSR count). The predicted octanol–water partition coefficient (Wildman–Crippen LogP) is 3.30. The van der Waals surface area contributed by atoms with Gasteiger partial charge in [-0.15, -0.1) is 0 Å². The van der Waals surface area contributed by atoms with E-state index in [4.69, 9.17) is 4.98 Å². The first kappa shape index (κ1) is 19.9. The topological polar surface area (TPSA) is 83.8 Å². The summed E-state index contributed by atoms with van der Waals surface area (Å²) in [7, 11) is 0. The number of rotatable bonds is 4. The fourth-order valence-corrected chi connectivity index (χ4v) is 4.55. The Bertz CT molecular complexity index is 1080. The molecule has 2 N–H and O–H groups in total. The standard InChI is InChI=1S/C23H30N8/c1-15(2)31-21-16(12-27-31)11-23(3,4)18-14-26-22(29-20(18)21)28-19-6-5-17(13-25-19)30-9-7-24-8-10-30/h5-6,12-15,24H,7-11H2,1-4H3,(H,25,26,28,29). The van der Waals surface area contributed by atoms with Gasteiger partial charge in [-0.25, -0.2) is 15.0 Å². The predicted molar refractivity (Wildman–Crippen MR) is 123 cm³/mol. The van der Waals surface area contributed by atoms with Gasteiger partial charge in [-0.3, -0.25) is 4.68 Å². The number of aromatic nitrogens is 5. The average Bonchev–Trinajstić information content (AvgIpc) is 3.18. The number of nitrogens with one attached hydrogen (secondary N) is 2. The van der Waals surface area contributed by atoms with Gasteiger partial charge in [0.15, 0.2) is 0 Å². The zero-order chi connectivity index (χ0) is 21.6. The maximum Gasteiger partial charge on any atom is 0.228 e. The highest BCUT2D eigenvalue weighted by Gasteiger charge is 2.35. The molecule has 0 bridgehead atoms. The Hall–Kier alpha value is -3.00. The lowest BCUT2D eigenvalue weighted by atomic mass is 9.74. The van der Waals surface area contributed by atoms with Crippen LogP contribution < -0.4 is 15.5 Å². The van der Waals surface area contributed by atoms with Crippen molar-refractivity contribution in [3.05, 3.63) is 41.9 Å². The van der Waals surface area contributed by atoms with Gasteiger partial charge < -0.3 is 15.5 Å². The Morgan fingerprint density at radius 3 is 2.58 bits per heavy atom. The molecule has 1 saturated heterocycles. The molecule has 0 unspecified atom stereocenters. The van der Waals surface area contributed by atoms with Crippen LogP contribution in [0.1, 0.15) is 44.9 Å². The van der Waals surface area contributed by atoms with Crippen LogP contribution in [-0.4, -0.2) is 50.9 Å². The highest BCUT2D eigenvalue weighted by molar-refractivity contribution is 5.70. The molecule has 1 aliphatic heterocycles. The largest absolute Gasteiger partial charge is 0.368 e. The lowest BCUT2D eigenvalue weighted by Crippen LogP contribution is -2.43. The van der Waals surface area contributed by atoms with E-state index in [2.05, 4.69) is 69.0 Å². The molecule has 3 aromatic rings. The van der Waals surface area contributed by atoms with E-state index < -0.39 is 0 Å². The number of nitrogens with zero attached hydrogens (tertiary/aromatic N) is 6. The summed E-state index contributed by atoms with van der Waals surface area (Å²) in [6.07, 6.45) is 6.81. The smallest absolute Gasteiger partial charge is 0.228 e. The minimum Gasteiger partial charge on any atom is -0.368 e. The SMILES string of the molecule is CC(C)n1ncc2c1-c1nc(Nc3ccc(N4CCNCC4)cn3)ncc1C(C)(C)C2. The normalized spacial score (nSPS) is 17.4. The molecular formula is C23H30N8. The van der Waals surface area contributed by atoms with Crippen molar-refractivity contribution >= 4 is 17.5 Å². The number of piperazine rings is 1. The minimum atomic E-state index is -0.0328. The summed E-state index contributed by atoms with van der Waals surface area (Å²) in [5.41, 5.74) is 5.59. The van der Waals surface area contributed by atoms with Crippen molar-refractivity contribution in [2.45, 2.75) is 45.6 Å². The van der Waals surface area contributed by atoms with Crippen LogP contribution in [0.5, 0.6) is 0 Å². The second-order valence-electron chi connectivity index (χ2n) is 9.34. The number of hydrogen-bond donors (Lipinski definition) is 2. The van der Waals surface area contributed by atoms with Crippen molar-refractivity contribution in [3.8, 4) is 11.4 Å². The van der Waals surface area contributed by atoms with Crippen LogP contribution in [0.25, 0.3) is 11.4 Å². The first-order valence-corrected chi connectivity index (χ1v) is 11.1. The zero-order valence-electron chi connectivity index (χ0n) is 18.7. The van der Waals surface area contributed by atoms with Crippen LogP contribution in [0.15, 0.2) is 30.7 Å². The van der Waals surface area contributed by atoms with Crippen LogP contribution in [0.3, 0.4) is 0 Å². The van der Waals surface area contributed by atoms with E-state index in [-0.39, 0.29) is 11.5 Å². The molecule has 4 heterocycles. The average molecular weight is 419 g/mol. The Kier molecular flexibility index (Phi) is 4.89. The van der Waals surface area contributed by atoms with E-state index >= 15 is 0 Å². The molecule has 162 valence electrons. The molecule has 8 nitrogen and oxygen atoms in total. The molecule has 0 radical (unpaired) electrons. The summed E-state index contributed by atoms with van der Waals surface area (Å²) in [6, 6.07) is 4.37. The molecule has 0 aromatic carbocycles. The van der Waals surface area contributed by atoms with E-state index in [1.54, 1.807) is 0 Å². The van der Waals surface area contributed by atoms with E-state index in [0.717, 1.165) is 61.1 Å². The van der Waals surface area contributed by atoms with E-state index in [1.165, 1.54) is 5.56 Å². The van der Waals surface area contributed by atoms with Gasteiger partial charge in [0.05, 0.1) is 29.5 Å². The Morgan fingerprint density at radius 1 is 1.06 bits per heavy atom. The third-order valence-electron chi connectivity index (χ3n) is 6.20. The molecule has 1 fully saturated rings. The van der Waals surface area contributed by atoms with Crippen LogP contribution in [-0.2, 0) is 11.8 Å². The maximum atomic E-state index is 4.93. The maximum absolute atomic E-state index is 4.93. The van der Waals surface area contributed by atoms with Crippen molar-refractivity contribution in [1.82, 2.24) is 30.0 Å². The summed E-state index contributed by atoms with van der Waals surface area (Å²) in [5, 5.41) is 11.3. The molecule has 3 aromatic heterocycles. The van der Waals surface area contributed by atoms with Crippen molar-refractivity contribution in [3.63, 3.8) is 0 Å². The van der Waals surface area contributed by atoms with Gasteiger partial charge in [0.25, 0.3) is 0 Å². The van der Waals surface area contributed by atoms with E-state index in [1.807, 2.05) is 24.7 Å². The first-order chi connectivity index (χ1) is 14.9. The monoisotopic (exact) mass is 418 g/mol. The van der Waals surface area contributed by atoms with Gasteiger partial charge in [-0.2, -0.15) is 5.10 Å². The van der Waals surface area contributed by atoms with Crippen molar-refractivity contribution in [1.29, 1.82) is 0 Å². The second-order valence-corrected chi connectivity index (χ2v) is 9.34. The van der Waals surface area contributed by atoms with Crippen LogP contribution in [0.2, 0.25) is 0 Å². The van der Waals surface area contributed by atoms with E-state index in [0.29, 0.717) is 5.95 Å². The summed E-state index contributed by atoms with van der Waals surface area (Å²) in [4.78, 5) is 16.5. The zero-order valence-corrected chi connectivity index (χ0v) is 18.7. The molecule has 8 heteroatoms. The van der Waals surface area contributed by atoms with Crippen LogP contribution >= 0.6 is 0 Å². The summed E-state index contributed by atoms with van der Waals surface area (Å²) in [5.74, 6) is 1.30. The molecule has 31 heavy (non-hydrogen) atoms. The van der Waals surface area contributed by atoms with Gasteiger partial charge in [0.1, 0.15) is 5.82 Å². The number of pyridine rings is 1. The summed E-state index contributed by atoms with van der Waals surface area (Å²) in [6.45, 7) is 12.8. The molecule has 0 amide bonds. The molecule has 1 aliphatic carbocycles. The van der Waals surface area contributed by atoms with Gasteiger partial charge >= 0.3 is 0 Å². The minimum absolute atomic E-state index is 0.0328. The lowest BCUT2D eigenvalue weighted by Gasteiger charge is -2.32. The first-order valence-electron chi connectivity index (χ1n) is 11.1. The third-order valence-corrected chi connectivity index (χ3v) is 6.20. The van der Waals surface area contributed by atoms with Crippen molar-refractivity contribution in [2.75, 3.05) is 36.4 Å². The highest BCUT2D eigenvalue weighted by Crippen LogP contribution is 2.42. The van der Waals surface area contributed by atoms with Crippen LogP contribution in [0, 0.1) is 0 Å². The lowest BCUT2D eigenvalue weighted by molar-refractivity contribution is 0.501. The van der Waals surface area contributed by atoms with Gasteiger partial charge in [-0.05, 0) is 37.8 Å². The Labute approximate surface area is 183 Å². The number of anilines is 3. The highest BCUT2D eigenvalue weighted by atomic mass is 15.3. The molecule has 0 spiro atoms. The Morgan fingerprint density at radius 2 is 1.87 bits per heavy atom. The fourth-order valence-electron chi connectivity index (χ4n) is 4.55. The molecule has 0 atom stereocenters. The molecule has 0 saturated carbocycles. The fraction of sp³-hybridized carbons (Fsp3) is 0.478. The molecular weight excluding hydrogens is 388 g/mol. The van der Waals surface area contributed by atoms with Crippen LogP contribution in [0.4, 0.5) is 17.5 Å². The number of hydrogen-bond acceptors (Lipinski definition) is 7. The second kappa shape index (κ2) is 7.60. The third kappa shape index (κ3) is 3.65. The number of fused-ring (bicyclic) bond motifs is 3. The Balaban J connectivity index is 1.45. The van der Waals surface area contributed by atoms with E-state index in [9.17, 15) is 0 Å². The molecule has 2 aliphatic rings. The van der Waals surface area contributed by atoms with Gasteiger partial charge in [0.2, 0.25) is 5.95 Å². The van der Waals surface area contributed by atoms with Gasteiger partial charge in [0, 0.05) is 49.5 Å². The summed E-state index contributed by atoms with van der Waals surface area (Å²) >= 11 is 0. The quantitative estimate of drug-likeness (QED) is 0.672.